The second-order valence-corrected chi connectivity index (χ2v) is 18.2. The monoisotopic (exact) mass is 1030 g/mol. The van der Waals surface area contributed by atoms with Gasteiger partial charge in [-0.25, -0.2) is 4.79 Å². The molecule has 0 spiro atoms. The van der Waals surface area contributed by atoms with E-state index in [-0.39, 0.29) is 19.3 Å². The summed E-state index contributed by atoms with van der Waals surface area (Å²) in [5.74, 6) is -16.2. The zero-order chi connectivity index (χ0) is 55.9. The van der Waals surface area contributed by atoms with Crippen LogP contribution < -0.4 is 70.8 Å². The Labute approximate surface area is 416 Å². The molecule has 0 aliphatic rings. The Bertz CT molecular complexity index is 1970. The van der Waals surface area contributed by atoms with Gasteiger partial charge in [-0.3, -0.25) is 57.5 Å². The van der Waals surface area contributed by atoms with E-state index in [1.54, 1.807) is 34.6 Å². The van der Waals surface area contributed by atoms with Gasteiger partial charge in [-0.15, -0.1) is 0 Å². The van der Waals surface area contributed by atoms with Crippen molar-refractivity contribution < 1.29 is 77.6 Å². The molecule has 0 fully saturated rings. The molecule has 20 N–H and O–H groups in total. The number of primary amides is 3. The largest absolute Gasteiger partial charge is 0.480 e. The minimum Gasteiger partial charge on any atom is -0.480 e. The minimum absolute atomic E-state index is 0.220. The molecule has 0 saturated heterocycles. The average Bonchev–Trinajstić information content (AvgIpc) is 3.27. The first-order valence-electron chi connectivity index (χ1n) is 23.1. The number of hydrogen-bond acceptors (Lipinski definition) is 16. The quantitative estimate of drug-likeness (QED) is 0.0290. The highest BCUT2D eigenvalue weighted by atomic mass is 16.4. The summed E-state index contributed by atoms with van der Waals surface area (Å²) in [6.07, 6.45) is -3.80. The summed E-state index contributed by atoms with van der Waals surface area (Å²) in [4.78, 5) is 167. The van der Waals surface area contributed by atoms with Crippen LogP contribution in [0.4, 0.5) is 0 Å². The Kier molecular flexibility index (Phi) is 28.3. The van der Waals surface area contributed by atoms with Crippen LogP contribution in [0.1, 0.15) is 94.4 Å². The van der Waals surface area contributed by atoms with E-state index in [1.165, 1.54) is 20.8 Å². The van der Waals surface area contributed by atoms with Crippen molar-refractivity contribution in [2.45, 2.75) is 155 Å². The number of carbonyl (C=O) groups is 13. The van der Waals surface area contributed by atoms with E-state index >= 15 is 0 Å². The number of nitrogens with two attached hydrogens (primary N) is 4. The second-order valence-electron chi connectivity index (χ2n) is 18.2. The molecule has 0 heterocycles. The summed E-state index contributed by atoms with van der Waals surface area (Å²) in [6, 6.07) is -13.7. The molecule has 72 heavy (non-hydrogen) atoms. The number of aliphatic hydroxyl groups is 2. The molecule has 29 nitrogen and oxygen atoms in total. The molecule has 11 atom stereocenters. The van der Waals surface area contributed by atoms with Gasteiger partial charge in [0.2, 0.25) is 70.9 Å². The lowest BCUT2D eigenvalue weighted by molar-refractivity contribution is -0.143. The maximum Gasteiger partial charge on any atom is 0.326 e. The SMILES string of the molecule is CC[C@H](C)[C@H](NC(=O)[C@H](CC(N)=O)NC(=O)[C@@H](NC(=O)[C@@H](NC(=O)[C@@H](N)CO)C(C)C)C(C)C)C(=O)N[C@H](C(=O)NCC(=O)N[C@@H](CC(N)=O)C(=O)N[C@H](C(=O)N[C@@H](CCC(N)=O)C(=O)O)C(C)C)[C@@H](C)O. The van der Waals surface area contributed by atoms with Crippen molar-refractivity contribution in [1.29, 1.82) is 0 Å². The Morgan fingerprint density at radius 3 is 1.24 bits per heavy atom. The topological polar surface area (TPSA) is 495 Å². The Morgan fingerprint density at radius 1 is 0.472 bits per heavy atom. The highest BCUT2D eigenvalue weighted by Crippen LogP contribution is 2.12. The maximum atomic E-state index is 13.8. The average molecular weight is 1030 g/mol. The van der Waals surface area contributed by atoms with Gasteiger partial charge in [0, 0.05) is 6.42 Å². The summed E-state index contributed by atoms with van der Waals surface area (Å²) in [7, 11) is 0. The summed E-state index contributed by atoms with van der Waals surface area (Å²) in [5, 5.41) is 50.2. The minimum atomic E-state index is -1.81. The van der Waals surface area contributed by atoms with Crippen molar-refractivity contribution in [2.24, 2.45) is 46.6 Å². The molecule has 0 aromatic rings. The van der Waals surface area contributed by atoms with Gasteiger partial charge >= 0.3 is 5.97 Å². The van der Waals surface area contributed by atoms with Crippen LogP contribution in [0.25, 0.3) is 0 Å². The molecular formula is C43H75N13O16. The number of amides is 12. The molecule has 0 aliphatic heterocycles. The number of rotatable bonds is 33. The first-order valence-corrected chi connectivity index (χ1v) is 23.1. The van der Waals surface area contributed by atoms with Crippen LogP contribution >= 0.6 is 0 Å². The van der Waals surface area contributed by atoms with Gasteiger partial charge in [0.05, 0.1) is 32.1 Å². The third-order valence-corrected chi connectivity index (χ3v) is 10.9. The number of hydrogen-bond donors (Lipinski definition) is 16. The standard InChI is InChI=1S/C43H75N13O16/c1-10-20(8)33(55-37(65)25(14-28(47)61)51-40(68)31(18(4)5)54-41(69)32(19(6)7)52-35(63)22(44)16-57)42(70)56-34(21(9)58)38(66)48-15-29(62)49-24(13-27(46)60)36(64)53-30(17(2)3)39(67)50-23(43(71)72)11-12-26(45)59/h17-25,30-34,57-58H,10-16,44H2,1-9H3,(H2,45,59)(H2,46,60)(H2,47,61)(H,48,66)(H,49,62)(H,50,67)(H,51,68)(H,52,63)(H,53,64)(H,54,69)(H,55,65)(H,56,70)(H,71,72)/t20-,21+,22-,23-,24-,25-,30-,31-,32-,33-,34-/m0/s1. The summed E-state index contributed by atoms with van der Waals surface area (Å²) in [6.45, 7) is 11.9. The second kappa shape index (κ2) is 31.4. The highest BCUT2D eigenvalue weighted by Gasteiger charge is 2.38. The van der Waals surface area contributed by atoms with Crippen LogP contribution in [-0.2, 0) is 62.3 Å². The zero-order valence-electron chi connectivity index (χ0n) is 42.0. The predicted molar refractivity (Wildman–Crippen MR) is 253 cm³/mol. The van der Waals surface area contributed by atoms with E-state index in [2.05, 4.69) is 47.9 Å². The van der Waals surface area contributed by atoms with Crippen molar-refractivity contribution >= 4 is 76.9 Å². The number of carboxylic acid groups (broad SMARTS) is 1. The van der Waals surface area contributed by atoms with E-state index in [4.69, 9.17) is 22.9 Å². The van der Waals surface area contributed by atoms with Gasteiger partial charge in [-0.05, 0) is 37.0 Å². The lowest BCUT2D eigenvalue weighted by Gasteiger charge is -2.30. The van der Waals surface area contributed by atoms with Gasteiger partial charge in [0.1, 0.15) is 54.4 Å². The first-order chi connectivity index (χ1) is 33.3. The molecule has 0 aliphatic carbocycles. The lowest BCUT2D eigenvalue weighted by atomic mass is 9.96. The van der Waals surface area contributed by atoms with Crippen LogP contribution in [0, 0.1) is 23.7 Å². The fraction of sp³-hybridized carbons (Fsp3) is 0.698. The number of aliphatic carboxylic acids is 1. The predicted octanol–water partition coefficient (Wildman–Crippen LogP) is -7.20. The molecular weight excluding hydrogens is 955 g/mol. The van der Waals surface area contributed by atoms with E-state index in [9.17, 15) is 77.6 Å². The number of nitrogens with one attached hydrogen (secondary N) is 9. The van der Waals surface area contributed by atoms with Gasteiger partial charge < -0.3 is 86.1 Å². The van der Waals surface area contributed by atoms with Crippen molar-refractivity contribution in [1.82, 2.24) is 47.9 Å². The normalized spacial score (nSPS) is 15.8. The van der Waals surface area contributed by atoms with Crippen LogP contribution in [0.15, 0.2) is 0 Å². The van der Waals surface area contributed by atoms with E-state index in [0.717, 1.165) is 6.92 Å². The van der Waals surface area contributed by atoms with Crippen molar-refractivity contribution in [3.63, 3.8) is 0 Å². The van der Waals surface area contributed by atoms with Crippen LogP contribution in [0.5, 0.6) is 0 Å². The third-order valence-electron chi connectivity index (χ3n) is 10.9. The maximum absolute atomic E-state index is 13.8. The molecule has 0 radical (unpaired) electrons. The molecule has 29 heteroatoms. The smallest absolute Gasteiger partial charge is 0.326 e. The Morgan fingerprint density at radius 2 is 0.847 bits per heavy atom. The third kappa shape index (κ3) is 22.8. The summed E-state index contributed by atoms with van der Waals surface area (Å²) in [5.41, 5.74) is 21.3. The van der Waals surface area contributed by atoms with Gasteiger partial charge in [0.25, 0.3) is 0 Å². The van der Waals surface area contributed by atoms with Gasteiger partial charge in [-0.1, -0.05) is 61.8 Å². The number of aliphatic hydroxyl groups excluding tert-OH is 2. The molecule has 0 aromatic carbocycles. The van der Waals surface area contributed by atoms with Crippen molar-refractivity contribution in [3.8, 4) is 0 Å². The molecule has 408 valence electrons. The van der Waals surface area contributed by atoms with Gasteiger partial charge in [0.15, 0.2) is 0 Å². The number of carboxylic acids is 1. The van der Waals surface area contributed by atoms with Crippen LogP contribution in [0.3, 0.4) is 0 Å². The number of carbonyl (C=O) groups excluding carboxylic acids is 12. The van der Waals surface area contributed by atoms with Crippen LogP contribution in [0.2, 0.25) is 0 Å². The van der Waals surface area contributed by atoms with E-state index < -0.39 is 187 Å². The molecule has 0 aromatic heterocycles. The molecule has 0 saturated carbocycles. The Balaban J connectivity index is 6.23. The molecule has 12 amide bonds. The van der Waals surface area contributed by atoms with Crippen LogP contribution in [-0.4, -0.2) is 166 Å². The van der Waals surface area contributed by atoms with Crippen molar-refractivity contribution in [3.05, 3.63) is 0 Å². The van der Waals surface area contributed by atoms with Gasteiger partial charge in [-0.2, -0.15) is 0 Å². The zero-order valence-corrected chi connectivity index (χ0v) is 42.0. The fourth-order valence-electron chi connectivity index (χ4n) is 6.46. The molecule has 0 bridgehead atoms. The van der Waals surface area contributed by atoms with Crippen molar-refractivity contribution in [2.75, 3.05) is 13.2 Å². The lowest BCUT2D eigenvalue weighted by Crippen LogP contribution is -2.62. The summed E-state index contributed by atoms with van der Waals surface area (Å²) < 4.78 is 0. The Hall–Kier alpha value is -7.01. The van der Waals surface area contributed by atoms with E-state index in [0.29, 0.717) is 0 Å². The molecule has 0 rings (SSSR count). The first kappa shape index (κ1) is 65.0. The fourth-order valence-corrected chi connectivity index (χ4v) is 6.46. The summed E-state index contributed by atoms with van der Waals surface area (Å²) >= 11 is 0. The van der Waals surface area contributed by atoms with E-state index in [1.807, 2.05) is 0 Å². The molecule has 0 unspecified atom stereocenters. The highest BCUT2D eigenvalue weighted by molar-refractivity contribution is 5.99.